The number of carbonyl (C=O) groups is 2. The van der Waals surface area contributed by atoms with Gasteiger partial charge in [0.25, 0.3) is 5.91 Å². The van der Waals surface area contributed by atoms with Crippen LogP contribution in [0.2, 0.25) is 0 Å². The van der Waals surface area contributed by atoms with Crippen LogP contribution in [-0.4, -0.2) is 23.4 Å². The fraction of sp³-hybridized carbons (Fsp3) is 0.385. The van der Waals surface area contributed by atoms with Gasteiger partial charge in [-0.25, -0.2) is 4.39 Å². The monoisotopic (exact) mass is 328 g/mol. The number of carbonyl (C=O) groups excluding carboxylic acids is 2. The van der Waals surface area contributed by atoms with E-state index >= 15 is 0 Å². The standard InChI is InChI=1S/C13H14BrFN2O2/c1-7-11(18)16-13(2,3)12(19)17(7)10-8(14)5-4-6-9(10)15/h4-7H,1-3H3,(H,16,18). The van der Waals surface area contributed by atoms with Gasteiger partial charge in [-0.3, -0.25) is 14.5 Å². The van der Waals surface area contributed by atoms with E-state index in [0.717, 1.165) is 0 Å². The number of hydrogen-bond acceptors (Lipinski definition) is 2. The smallest absolute Gasteiger partial charge is 0.253 e. The van der Waals surface area contributed by atoms with Gasteiger partial charge >= 0.3 is 0 Å². The summed E-state index contributed by atoms with van der Waals surface area (Å²) in [5.74, 6) is -1.19. The molecule has 0 aliphatic carbocycles. The topological polar surface area (TPSA) is 49.4 Å². The van der Waals surface area contributed by atoms with Gasteiger partial charge in [-0.2, -0.15) is 0 Å². The SMILES string of the molecule is CC1C(=O)NC(C)(C)C(=O)N1c1c(F)cccc1Br. The van der Waals surface area contributed by atoms with Crippen molar-refractivity contribution in [1.82, 2.24) is 5.32 Å². The van der Waals surface area contributed by atoms with Gasteiger partial charge in [0.15, 0.2) is 0 Å². The van der Waals surface area contributed by atoms with Crippen molar-refractivity contribution in [2.45, 2.75) is 32.4 Å². The van der Waals surface area contributed by atoms with Crippen molar-refractivity contribution in [2.24, 2.45) is 0 Å². The number of nitrogens with zero attached hydrogens (tertiary/aromatic N) is 1. The van der Waals surface area contributed by atoms with E-state index in [1.165, 1.54) is 17.0 Å². The predicted molar refractivity (Wildman–Crippen MR) is 73.3 cm³/mol. The molecular weight excluding hydrogens is 315 g/mol. The second-order valence-electron chi connectivity index (χ2n) is 5.04. The molecule has 1 aliphatic rings. The van der Waals surface area contributed by atoms with Gasteiger partial charge in [0, 0.05) is 4.47 Å². The number of nitrogens with one attached hydrogen (secondary N) is 1. The summed E-state index contributed by atoms with van der Waals surface area (Å²) in [5, 5.41) is 2.63. The van der Waals surface area contributed by atoms with Crippen molar-refractivity contribution < 1.29 is 14.0 Å². The maximum Gasteiger partial charge on any atom is 0.253 e. The third kappa shape index (κ3) is 2.25. The third-order valence-electron chi connectivity index (χ3n) is 3.13. The van der Waals surface area contributed by atoms with Crippen LogP contribution in [0.15, 0.2) is 22.7 Å². The van der Waals surface area contributed by atoms with E-state index in [1.54, 1.807) is 26.8 Å². The number of amides is 2. The van der Waals surface area contributed by atoms with Crippen LogP contribution in [0.3, 0.4) is 0 Å². The number of piperazine rings is 1. The first-order valence-electron chi connectivity index (χ1n) is 5.85. The Hall–Kier alpha value is -1.43. The van der Waals surface area contributed by atoms with Crippen LogP contribution in [0, 0.1) is 5.82 Å². The number of para-hydroxylation sites is 1. The fourth-order valence-corrected chi connectivity index (χ4v) is 2.61. The first-order valence-corrected chi connectivity index (χ1v) is 6.64. The van der Waals surface area contributed by atoms with E-state index in [2.05, 4.69) is 21.2 Å². The van der Waals surface area contributed by atoms with Gasteiger partial charge < -0.3 is 5.32 Å². The van der Waals surface area contributed by atoms with E-state index in [-0.39, 0.29) is 17.5 Å². The molecule has 1 aromatic carbocycles. The van der Waals surface area contributed by atoms with Crippen LogP contribution in [0.4, 0.5) is 10.1 Å². The predicted octanol–water partition coefficient (Wildman–Crippen LogP) is 2.22. The quantitative estimate of drug-likeness (QED) is 0.859. The Kier molecular flexibility index (Phi) is 3.38. The van der Waals surface area contributed by atoms with Crippen LogP contribution < -0.4 is 10.2 Å². The van der Waals surface area contributed by atoms with Gasteiger partial charge in [-0.05, 0) is 48.8 Å². The second kappa shape index (κ2) is 4.59. The minimum Gasteiger partial charge on any atom is -0.340 e. The highest BCUT2D eigenvalue weighted by Crippen LogP contribution is 2.33. The molecule has 2 amide bonds. The molecule has 1 unspecified atom stereocenters. The van der Waals surface area contributed by atoms with E-state index in [1.807, 2.05) is 0 Å². The van der Waals surface area contributed by atoms with Gasteiger partial charge in [-0.15, -0.1) is 0 Å². The minimum atomic E-state index is -1.05. The molecule has 0 saturated carbocycles. The molecule has 6 heteroatoms. The van der Waals surface area contributed by atoms with Crippen molar-refractivity contribution in [1.29, 1.82) is 0 Å². The summed E-state index contributed by atoms with van der Waals surface area (Å²) >= 11 is 3.23. The van der Waals surface area contributed by atoms with Crippen molar-refractivity contribution in [3.63, 3.8) is 0 Å². The van der Waals surface area contributed by atoms with Gasteiger partial charge in [0.1, 0.15) is 17.4 Å². The van der Waals surface area contributed by atoms with Gasteiger partial charge in [0.2, 0.25) is 5.91 Å². The molecule has 1 N–H and O–H groups in total. The van der Waals surface area contributed by atoms with E-state index < -0.39 is 17.4 Å². The lowest BCUT2D eigenvalue weighted by molar-refractivity contribution is -0.136. The zero-order valence-corrected chi connectivity index (χ0v) is 12.4. The van der Waals surface area contributed by atoms with E-state index in [4.69, 9.17) is 0 Å². The molecule has 2 rings (SSSR count). The number of hydrogen-bond donors (Lipinski definition) is 1. The Bertz CT molecular complexity index is 539. The first-order chi connectivity index (χ1) is 8.75. The van der Waals surface area contributed by atoms with Crippen molar-refractivity contribution in [3.05, 3.63) is 28.5 Å². The summed E-state index contributed by atoms with van der Waals surface area (Å²) in [6.45, 7) is 4.77. The summed E-state index contributed by atoms with van der Waals surface area (Å²) in [4.78, 5) is 25.6. The highest BCUT2D eigenvalue weighted by atomic mass is 79.9. The first kappa shape index (κ1) is 14.0. The summed E-state index contributed by atoms with van der Waals surface area (Å²) in [6, 6.07) is 3.68. The maximum absolute atomic E-state index is 14.0. The molecule has 102 valence electrons. The third-order valence-corrected chi connectivity index (χ3v) is 3.77. The lowest BCUT2D eigenvalue weighted by Crippen LogP contribution is -2.67. The van der Waals surface area contributed by atoms with Crippen LogP contribution in [0.1, 0.15) is 20.8 Å². The minimum absolute atomic E-state index is 0.0999. The Labute approximate surface area is 119 Å². The van der Waals surface area contributed by atoms with Crippen LogP contribution in [-0.2, 0) is 9.59 Å². The van der Waals surface area contributed by atoms with Crippen LogP contribution in [0.5, 0.6) is 0 Å². The number of anilines is 1. The average Bonchev–Trinajstić information content (AvgIpc) is 2.30. The summed E-state index contributed by atoms with van der Waals surface area (Å²) in [7, 11) is 0. The normalized spacial score (nSPS) is 22.4. The molecular formula is C13H14BrFN2O2. The Balaban J connectivity index is 2.58. The Morgan fingerprint density at radius 2 is 2.00 bits per heavy atom. The average molecular weight is 329 g/mol. The van der Waals surface area contributed by atoms with Crippen molar-refractivity contribution in [2.75, 3.05) is 4.90 Å². The summed E-state index contributed by atoms with van der Waals surface area (Å²) < 4.78 is 14.4. The summed E-state index contributed by atoms with van der Waals surface area (Å²) in [6.07, 6.45) is 0. The zero-order chi connectivity index (χ0) is 14.4. The number of rotatable bonds is 1. The second-order valence-corrected chi connectivity index (χ2v) is 5.89. The molecule has 1 fully saturated rings. The molecule has 1 heterocycles. The van der Waals surface area contributed by atoms with Gasteiger partial charge in [-0.1, -0.05) is 6.07 Å². The van der Waals surface area contributed by atoms with E-state index in [9.17, 15) is 14.0 Å². The zero-order valence-electron chi connectivity index (χ0n) is 10.8. The Morgan fingerprint density at radius 3 is 2.58 bits per heavy atom. The lowest BCUT2D eigenvalue weighted by Gasteiger charge is -2.41. The molecule has 1 saturated heterocycles. The fourth-order valence-electron chi connectivity index (χ4n) is 2.07. The molecule has 1 aromatic rings. The largest absolute Gasteiger partial charge is 0.340 e. The molecule has 0 aromatic heterocycles. The van der Waals surface area contributed by atoms with E-state index in [0.29, 0.717) is 4.47 Å². The molecule has 1 atom stereocenters. The highest BCUT2D eigenvalue weighted by molar-refractivity contribution is 9.10. The number of halogens is 2. The van der Waals surface area contributed by atoms with Crippen LogP contribution in [0.25, 0.3) is 0 Å². The summed E-state index contributed by atoms with van der Waals surface area (Å²) in [5.41, 5.74) is -0.950. The highest BCUT2D eigenvalue weighted by Gasteiger charge is 2.45. The van der Waals surface area contributed by atoms with Crippen LogP contribution >= 0.6 is 15.9 Å². The maximum atomic E-state index is 14.0. The lowest BCUT2D eigenvalue weighted by atomic mass is 9.96. The van der Waals surface area contributed by atoms with Crippen molar-refractivity contribution in [3.8, 4) is 0 Å². The molecule has 1 aliphatic heterocycles. The number of benzene rings is 1. The molecule has 0 spiro atoms. The molecule has 0 radical (unpaired) electrons. The molecule has 19 heavy (non-hydrogen) atoms. The molecule has 0 bridgehead atoms. The van der Waals surface area contributed by atoms with Gasteiger partial charge in [0.05, 0.1) is 5.69 Å². The molecule has 4 nitrogen and oxygen atoms in total. The Morgan fingerprint density at radius 1 is 1.37 bits per heavy atom. The van der Waals surface area contributed by atoms with Crippen molar-refractivity contribution >= 4 is 33.4 Å².